The standard InChI is InChI=1S/C22H28N4O2S/c1-22(2,3)26-10-9-14(13-26)12-23-21(27)15-7-8-16(28-4)19-18(15)24-20(25-19)17-6-5-11-29-17/h5-8,11,14H,9-10,12-13H2,1-4H3,(H,23,27)(H,24,25). The fourth-order valence-corrected chi connectivity index (χ4v) is 4.56. The molecule has 154 valence electrons. The van der Waals surface area contributed by atoms with Crippen molar-refractivity contribution >= 4 is 28.3 Å². The summed E-state index contributed by atoms with van der Waals surface area (Å²) in [5.74, 6) is 1.83. The van der Waals surface area contributed by atoms with E-state index >= 15 is 0 Å². The predicted molar refractivity (Wildman–Crippen MR) is 118 cm³/mol. The smallest absolute Gasteiger partial charge is 0.253 e. The highest BCUT2D eigenvalue weighted by atomic mass is 32.1. The Kier molecular flexibility index (Phi) is 5.36. The summed E-state index contributed by atoms with van der Waals surface area (Å²) in [4.78, 5) is 24.5. The molecular formula is C22H28N4O2S. The molecule has 29 heavy (non-hydrogen) atoms. The second-order valence-corrected chi connectivity index (χ2v) is 9.53. The molecule has 3 heterocycles. The molecule has 6 nitrogen and oxygen atoms in total. The van der Waals surface area contributed by atoms with Gasteiger partial charge in [-0.3, -0.25) is 9.69 Å². The Balaban J connectivity index is 1.53. The van der Waals surface area contributed by atoms with E-state index in [1.807, 2.05) is 23.6 Å². The number of carbonyl (C=O) groups excluding carboxylic acids is 1. The lowest BCUT2D eigenvalue weighted by Crippen LogP contribution is -2.40. The molecule has 2 aromatic heterocycles. The molecule has 0 spiro atoms. The zero-order chi connectivity index (χ0) is 20.6. The summed E-state index contributed by atoms with van der Waals surface area (Å²) in [5, 5.41) is 5.14. The van der Waals surface area contributed by atoms with Gasteiger partial charge in [0.1, 0.15) is 22.6 Å². The van der Waals surface area contributed by atoms with Crippen LogP contribution in [-0.4, -0.2) is 53.1 Å². The van der Waals surface area contributed by atoms with Crippen molar-refractivity contribution in [3.05, 3.63) is 35.2 Å². The zero-order valence-electron chi connectivity index (χ0n) is 17.4. The van der Waals surface area contributed by atoms with Gasteiger partial charge in [-0.2, -0.15) is 0 Å². The maximum Gasteiger partial charge on any atom is 0.253 e. The van der Waals surface area contributed by atoms with Gasteiger partial charge in [0.05, 0.1) is 17.6 Å². The third kappa shape index (κ3) is 4.02. The highest BCUT2D eigenvalue weighted by Crippen LogP contribution is 2.31. The molecule has 0 aliphatic carbocycles. The van der Waals surface area contributed by atoms with Crippen LogP contribution in [0.4, 0.5) is 0 Å². The lowest BCUT2D eigenvalue weighted by molar-refractivity contribution is 0.0947. The molecule has 1 aromatic carbocycles. The largest absolute Gasteiger partial charge is 0.494 e. The molecule has 1 saturated heterocycles. The Labute approximate surface area is 175 Å². The van der Waals surface area contributed by atoms with Crippen molar-refractivity contribution in [2.24, 2.45) is 5.92 Å². The molecule has 1 aliphatic rings. The second kappa shape index (κ2) is 7.80. The normalized spacial score (nSPS) is 17.7. The number of likely N-dealkylation sites (tertiary alicyclic amines) is 1. The minimum Gasteiger partial charge on any atom is -0.494 e. The van der Waals surface area contributed by atoms with E-state index in [2.05, 4.69) is 36.0 Å². The third-order valence-corrected chi connectivity index (χ3v) is 6.49. The van der Waals surface area contributed by atoms with Gasteiger partial charge in [-0.25, -0.2) is 4.98 Å². The highest BCUT2D eigenvalue weighted by molar-refractivity contribution is 7.13. The predicted octanol–water partition coefficient (Wildman–Crippen LogP) is 4.15. The quantitative estimate of drug-likeness (QED) is 0.660. The molecule has 1 unspecified atom stereocenters. The summed E-state index contributed by atoms with van der Waals surface area (Å²) >= 11 is 1.61. The number of nitrogens with one attached hydrogen (secondary N) is 2. The number of imidazole rings is 1. The van der Waals surface area contributed by atoms with Crippen molar-refractivity contribution in [2.75, 3.05) is 26.7 Å². The Morgan fingerprint density at radius 1 is 1.38 bits per heavy atom. The number of benzene rings is 1. The number of hydrogen-bond donors (Lipinski definition) is 2. The van der Waals surface area contributed by atoms with Crippen LogP contribution in [0.5, 0.6) is 5.75 Å². The number of aromatic amines is 1. The van der Waals surface area contributed by atoms with E-state index in [9.17, 15) is 4.79 Å². The Hall–Kier alpha value is -2.38. The van der Waals surface area contributed by atoms with Crippen LogP contribution in [-0.2, 0) is 0 Å². The number of fused-ring (bicyclic) bond motifs is 1. The van der Waals surface area contributed by atoms with E-state index in [-0.39, 0.29) is 11.4 Å². The first-order chi connectivity index (χ1) is 13.9. The number of rotatable bonds is 5. The van der Waals surface area contributed by atoms with Crippen LogP contribution in [0.1, 0.15) is 37.6 Å². The molecule has 2 N–H and O–H groups in total. The molecule has 0 radical (unpaired) electrons. The summed E-state index contributed by atoms with van der Waals surface area (Å²) in [6.45, 7) is 9.51. The average Bonchev–Trinajstić information content (AvgIpc) is 3.44. The minimum atomic E-state index is -0.0870. The molecule has 1 fully saturated rings. The van der Waals surface area contributed by atoms with E-state index < -0.39 is 0 Å². The average molecular weight is 413 g/mol. The molecule has 1 amide bonds. The van der Waals surface area contributed by atoms with Gasteiger partial charge in [0.15, 0.2) is 0 Å². The van der Waals surface area contributed by atoms with Crippen molar-refractivity contribution in [1.29, 1.82) is 0 Å². The molecule has 1 aliphatic heterocycles. The third-order valence-electron chi connectivity index (χ3n) is 5.61. The number of methoxy groups -OCH3 is 1. The summed E-state index contributed by atoms with van der Waals surface area (Å²) in [6.07, 6.45) is 1.11. The first kappa shape index (κ1) is 19.9. The summed E-state index contributed by atoms with van der Waals surface area (Å²) in [6, 6.07) is 7.62. The van der Waals surface area contributed by atoms with Gasteiger partial charge in [-0.15, -0.1) is 11.3 Å². The Morgan fingerprint density at radius 3 is 2.86 bits per heavy atom. The first-order valence-corrected chi connectivity index (χ1v) is 10.9. The van der Waals surface area contributed by atoms with Gasteiger partial charge in [0.25, 0.3) is 5.91 Å². The van der Waals surface area contributed by atoms with Crippen molar-refractivity contribution in [1.82, 2.24) is 20.2 Å². The molecular weight excluding hydrogens is 384 g/mol. The van der Waals surface area contributed by atoms with Crippen LogP contribution in [0.15, 0.2) is 29.6 Å². The van der Waals surface area contributed by atoms with Crippen molar-refractivity contribution < 1.29 is 9.53 Å². The molecule has 0 bridgehead atoms. The summed E-state index contributed by atoms with van der Waals surface area (Å²) in [7, 11) is 1.63. The van der Waals surface area contributed by atoms with E-state index in [4.69, 9.17) is 9.72 Å². The number of H-pyrrole nitrogens is 1. The van der Waals surface area contributed by atoms with E-state index in [0.717, 1.165) is 35.7 Å². The van der Waals surface area contributed by atoms with Crippen molar-refractivity contribution in [3.8, 4) is 16.5 Å². The summed E-state index contributed by atoms with van der Waals surface area (Å²) in [5.41, 5.74) is 2.15. The van der Waals surface area contributed by atoms with Gasteiger partial charge < -0.3 is 15.0 Å². The second-order valence-electron chi connectivity index (χ2n) is 8.58. The number of amides is 1. The zero-order valence-corrected chi connectivity index (χ0v) is 18.2. The first-order valence-electron chi connectivity index (χ1n) is 10.0. The number of aromatic nitrogens is 2. The molecule has 1 atom stereocenters. The van der Waals surface area contributed by atoms with Crippen LogP contribution in [0.25, 0.3) is 21.7 Å². The van der Waals surface area contributed by atoms with Crippen LogP contribution in [0, 0.1) is 5.92 Å². The maximum absolute atomic E-state index is 13.0. The van der Waals surface area contributed by atoms with Crippen LogP contribution < -0.4 is 10.1 Å². The summed E-state index contributed by atoms with van der Waals surface area (Å²) < 4.78 is 5.47. The van der Waals surface area contributed by atoms with Gasteiger partial charge in [-0.05, 0) is 63.2 Å². The Morgan fingerprint density at radius 2 is 2.21 bits per heavy atom. The van der Waals surface area contributed by atoms with Gasteiger partial charge >= 0.3 is 0 Å². The molecule has 3 aromatic rings. The van der Waals surface area contributed by atoms with Gasteiger partial charge in [-0.1, -0.05) is 6.07 Å². The lowest BCUT2D eigenvalue weighted by Gasteiger charge is -2.31. The SMILES string of the molecule is COc1ccc(C(=O)NCC2CCN(C(C)(C)C)C2)c2nc(-c3cccs3)[nH]c12. The number of nitrogens with zero attached hydrogens (tertiary/aromatic N) is 2. The molecule has 7 heteroatoms. The lowest BCUT2D eigenvalue weighted by atomic mass is 10.1. The number of hydrogen-bond acceptors (Lipinski definition) is 5. The minimum absolute atomic E-state index is 0.0870. The van der Waals surface area contributed by atoms with Crippen LogP contribution in [0.3, 0.4) is 0 Å². The highest BCUT2D eigenvalue weighted by Gasteiger charge is 2.30. The van der Waals surface area contributed by atoms with Crippen molar-refractivity contribution in [2.45, 2.75) is 32.7 Å². The Bertz CT molecular complexity index is 1000. The van der Waals surface area contributed by atoms with E-state index in [1.54, 1.807) is 24.5 Å². The maximum atomic E-state index is 13.0. The topological polar surface area (TPSA) is 70.2 Å². The number of thiophene rings is 1. The fraction of sp³-hybridized carbons (Fsp3) is 0.455. The van der Waals surface area contributed by atoms with Gasteiger partial charge in [0, 0.05) is 18.6 Å². The number of carbonyl (C=O) groups is 1. The fourth-order valence-electron chi connectivity index (χ4n) is 3.89. The van der Waals surface area contributed by atoms with Gasteiger partial charge in [0.2, 0.25) is 0 Å². The van der Waals surface area contributed by atoms with Crippen LogP contribution >= 0.6 is 11.3 Å². The molecule has 4 rings (SSSR count). The van der Waals surface area contributed by atoms with Crippen molar-refractivity contribution in [3.63, 3.8) is 0 Å². The van der Waals surface area contributed by atoms with Crippen LogP contribution in [0.2, 0.25) is 0 Å². The molecule has 0 saturated carbocycles. The number of ether oxygens (including phenoxy) is 1. The monoisotopic (exact) mass is 412 g/mol. The van der Waals surface area contributed by atoms with E-state index in [1.165, 1.54) is 0 Å². The van der Waals surface area contributed by atoms with E-state index in [0.29, 0.717) is 29.3 Å².